The molecule has 0 amide bonds. The van der Waals surface area contributed by atoms with Crippen LogP contribution in [0.4, 0.5) is 0 Å². The largest absolute Gasteiger partial charge is 0.500 e. The Balaban J connectivity index is 3.46. The van der Waals surface area contributed by atoms with E-state index in [1.165, 1.54) is 25.7 Å². The minimum absolute atomic E-state index is 0.674. The lowest BCUT2D eigenvalue weighted by Crippen LogP contribution is -2.42. The number of unbranched alkanes of at least 4 members (excludes halogenated alkanes) is 5. The highest BCUT2D eigenvalue weighted by Gasteiger charge is 2.36. The van der Waals surface area contributed by atoms with Crippen molar-refractivity contribution in [2.24, 2.45) is 0 Å². The fraction of sp³-hybridized carbons (Fsp3) is 0.917. The molecule has 0 unspecified atom stereocenters. The van der Waals surface area contributed by atoms with Crippen LogP contribution in [0.2, 0.25) is 6.04 Å². The van der Waals surface area contributed by atoms with E-state index in [0.29, 0.717) is 6.54 Å². The van der Waals surface area contributed by atoms with Gasteiger partial charge in [0.15, 0.2) is 0 Å². The monoisotopic (exact) mass is 259 g/mol. The van der Waals surface area contributed by atoms with E-state index in [4.69, 9.17) is 19.9 Å². The Labute approximate surface area is 106 Å². The van der Waals surface area contributed by atoms with Crippen molar-refractivity contribution in [3.8, 4) is 0 Å². The molecule has 0 aliphatic carbocycles. The summed E-state index contributed by atoms with van der Waals surface area (Å²) in [5, 5.41) is 0. The van der Waals surface area contributed by atoms with Gasteiger partial charge in [0.05, 0.1) is 0 Å². The van der Waals surface area contributed by atoms with E-state index < -0.39 is 8.80 Å². The molecular formula is C12H25NO3Si. The number of hydrogen-bond acceptors (Lipinski definition) is 3. The topological polar surface area (TPSA) is 32.0 Å². The predicted molar refractivity (Wildman–Crippen MR) is 70.8 cm³/mol. The molecule has 100 valence electrons. The average Bonchev–Trinajstić information content (AvgIpc) is 2.38. The van der Waals surface area contributed by atoms with Gasteiger partial charge in [0.25, 0.3) is 0 Å². The Bertz CT molecular complexity index is 206. The molecule has 0 fully saturated rings. The highest BCUT2D eigenvalue weighted by Crippen LogP contribution is 2.18. The molecule has 0 spiro atoms. The van der Waals surface area contributed by atoms with Crippen LogP contribution >= 0.6 is 0 Å². The molecule has 0 aromatic rings. The zero-order valence-electron chi connectivity index (χ0n) is 11.3. The summed E-state index contributed by atoms with van der Waals surface area (Å²) in [7, 11) is 2.63. The molecule has 0 heterocycles. The minimum Gasteiger partial charge on any atom is -0.377 e. The van der Waals surface area contributed by atoms with E-state index in [1.54, 1.807) is 21.3 Å². The van der Waals surface area contributed by atoms with Gasteiger partial charge in [0.2, 0.25) is 6.54 Å². The quantitative estimate of drug-likeness (QED) is 0.324. The average molecular weight is 259 g/mol. The SMILES string of the molecule is [C-]#[N+]CCCCCCCC[Si](OC)(OC)OC. The highest BCUT2D eigenvalue weighted by molar-refractivity contribution is 6.60. The summed E-state index contributed by atoms with van der Waals surface area (Å²) in [5.74, 6) is 0. The zero-order chi connectivity index (χ0) is 13.0. The first kappa shape index (κ1) is 16.6. The second kappa shape index (κ2) is 10.7. The van der Waals surface area contributed by atoms with Crippen LogP contribution in [0.3, 0.4) is 0 Å². The van der Waals surface area contributed by atoms with Crippen LogP contribution in [-0.4, -0.2) is 36.7 Å². The van der Waals surface area contributed by atoms with Gasteiger partial charge in [-0.2, -0.15) is 0 Å². The molecule has 0 aromatic carbocycles. The van der Waals surface area contributed by atoms with E-state index in [9.17, 15) is 0 Å². The minimum atomic E-state index is -2.34. The molecule has 0 bridgehead atoms. The molecule has 0 N–H and O–H groups in total. The van der Waals surface area contributed by atoms with Gasteiger partial charge < -0.3 is 18.1 Å². The van der Waals surface area contributed by atoms with E-state index in [-0.39, 0.29) is 0 Å². The number of nitrogens with zero attached hydrogens (tertiary/aromatic N) is 1. The van der Waals surface area contributed by atoms with Crippen molar-refractivity contribution in [1.29, 1.82) is 0 Å². The first-order valence-electron chi connectivity index (χ1n) is 6.23. The maximum absolute atomic E-state index is 6.67. The molecule has 0 rings (SSSR count). The third-order valence-corrected chi connectivity index (χ3v) is 5.77. The first-order chi connectivity index (χ1) is 8.24. The standard InChI is InChI=1S/C12H25NO3Si/c1-13-11-9-7-5-6-8-10-12-17(14-2,15-3)16-4/h5-12H2,2-4H3. The van der Waals surface area contributed by atoms with Gasteiger partial charge in [-0.1, -0.05) is 19.3 Å². The van der Waals surface area contributed by atoms with Crippen LogP contribution in [0, 0.1) is 6.57 Å². The summed E-state index contributed by atoms with van der Waals surface area (Å²) >= 11 is 0. The lowest BCUT2D eigenvalue weighted by atomic mass is 10.1. The molecule has 0 saturated heterocycles. The van der Waals surface area contributed by atoms with Crippen LogP contribution in [-0.2, 0) is 13.3 Å². The lowest BCUT2D eigenvalue weighted by Gasteiger charge is -2.24. The van der Waals surface area contributed by atoms with Crippen LogP contribution < -0.4 is 0 Å². The van der Waals surface area contributed by atoms with Gasteiger partial charge in [-0.05, 0) is 12.8 Å². The van der Waals surface area contributed by atoms with Crippen molar-refractivity contribution in [1.82, 2.24) is 0 Å². The van der Waals surface area contributed by atoms with Crippen molar-refractivity contribution in [2.45, 2.75) is 44.6 Å². The maximum Gasteiger partial charge on any atom is 0.500 e. The molecule has 0 saturated carbocycles. The van der Waals surface area contributed by atoms with Crippen molar-refractivity contribution in [3.05, 3.63) is 11.4 Å². The third-order valence-electron chi connectivity index (χ3n) is 2.94. The summed E-state index contributed by atoms with van der Waals surface area (Å²) in [6.07, 6.45) is 6.92. The summed E-state index contributed by atoms with van der Waals surface area (Å²) < 4.78 is 16.1. The smallest absolute Gasteiger partial charge is 0.377 e. The second-order valence-corrected chi connectivity index (χ2v) is 7.14. The van der Waals surface area contributed by atoms with Crippen molar-refractivity contribution < 1.29 is 13.3 Å². The fourth-order valence-corrected chi connectivity index (χ4v) is 3.59. The van der Waals surface area contributed by atoms with E-state index in [2.05, 4.69) is 4.85 Å². The van der Waals surface area contributed by atoms with Crippen molar-refractivity contribution in [3.63, 3.8) is 0 Å². The summed E-state index contributed by atoms with van der Waals surface area (Å²) in [6.45, 7) is 7.34. The Kier molecular flexibility index (Phi) is 10.5. The second-order valence-electron chi connectivity index (χ2n) is 4.05. The molecule has 5 heteroatoms. The van der Waals surface area contributed by atoms with Crippen LogP contribution in [0.1, 0.15) is 38.5 Å². The van der Waals surface area contributed by atoms with Gasteiger partial charge >= 0.3 is 8.80 Å². The van der Waals surface area contributed by atoms with Gasteiger partial charge in [-0.15, -0.1) is 0 Å². The Morgan fingerprint density at radius 3 is 1.76 bits per heavy atom. The van der Waals surface area contributed by atoms with E-state index in [0.717, 1.165) is 18.9 Å². The molecule has 0 aliphatic heterocycles. The van der Waals surface area contributed by atoms with Gasteiger partial charge in [0, 0.05) is 33.8 Å². The van der Waals surface area contributed by atoms with Crippen LogP contribution in [0.15, 0.2) is 0 Å². The number of hydrogen-bond donors (Lipinski definition) is 0. The zero-order valence-corrected chi connectivity index (χ0v) is 12.3. The summed E-state index contributed by atoms with van der Waals surface area (Å²) in [6, 6.07) is 0.887. The molecule has 0 aliphatic rings. The van der Waals surface area contributed by atoms with Crippen molar-refractivity contribution in [2.75, 3.05) is 27.9 Å². The normalized spacial score (nSPS) is 11.4. The molecule has 4 nitrogen and oxygen atoms in total. The molecule has 0 aromatic heterocycles. The Hall–Kier alpha value is -0.413. The number of rotatable bonds is 11. The van der Waals surface area contributed by atoms with Crippen LogP contribution in [0.5, 0.6) is 0 Å². The summed E-state index contributed by atoms with van der Waals surface area (Å²) in [4.78, 5) is 3.34. The van der Waals surface area contributed by atoms with Gasteiger partial charge in [0.1, 0.15) is 0 Å². The lowest BCUT2D eigenvalue weighted by molar-refractivity contribution is 0.122. The van der Waals surface area contributed by atoms with Crippen LogP contribution in [0.25, 0.3) is 4.85 Å². The highest BCUT2D eigenvalue weighted by atomic mass is 28.4. The Morgan fingerprint density at radius 1 is 0.824 bits per heavy atom. The fourth-order valence-electron chi connectivity index (χ4n) is 1.80. The summed E-state index contributed by atoms with van der Waals surface area (Å²) in [5.41, 5.74) is 0. The Morgan fingerprint density at radius 2 is 1.29 bits per heavy atom. The van der Waals surface area contributed by atoms with E-state index in [1.807, 2.05) is 0 Å². The first-order valence-corrected chi connectivity index (χ1v) is 8.16. The maximum atomic E-state index is 6.67. The third kappa shape index (κ3) is 7.50. The van der Waals surface area contributed by atoms with E-state index >= 15 is 0 Å². The van der Waals surface area contributed by atoms with Gasteiger partial charge in [-0.25, -0.2) is 6.57 Å². The van der Waals surface area contributed by atoms with Gasteiger partial charge in [-0.3, -0.25) is 0 Å². The molecular weight excluding hydrogens is 234 g/mol. The molecule has 0 atom stereocenters. The molecule has 0 radical (unpaired) electrons. The molecule has 17 heavy (non-hydrogen) atoms. The predicted octanol–water partition coefficient (Wildman–Crippen LogP) is 3.12. The van der Waals surface area contributed by atoms with Crippen molar-refractivity contribution >= 4 is 8.80 Å².